The van der Waals surface area contributed by atoms with E-state index in [2.05, 4.69) is 37.2 Å². The zero-order valence-electron chi connectivity index (χ0n) is 20.2. The molecule has 0 aliphatic carbocycles. The lowest BCUT2D eigenvalue weighted by molar-refractivity contribution is -0.142. The Morgan fingerprint density at radius 1 is 0.972 bits per heavy atom. The van der Waals surface area contributed by atoms with Crippen molar-refractivity contribution >= 4 is 55.3 Å². The highest BCUT2D eigenvalue weighted by Gasteiger charge is 2.31. The number of amides is 2. The van der Waals surface area contributed by atoms with Crippen molar-refractivity contribution in [1.82, 2.24) is 10.2 Å². The first-order valence-electron chi connectivity index (χ1n) is 11.7. The molecule has 0 saturated carbocycles. The number of rotatable bonds is 11. The Hall–Kier alpha value is -2.35. The van der Waals surface area contributed by atoms with Crippen LogP contribution in [0.3, 0.4) is 0 Å². The van der Waals surface area contributed by atoms with E-state index in [1.54, 1.807) is 23.1 Å². The molecule has 190 valence electrons. The summed E-state index contributed by atoms with van der Waals surface area (Å²) in [6.07, 6.45) is 0.384. The predicted octanol–water partition coefficient (Wildman–Crippen LogP) is 6.66. The van der Waals surface area contributed by atoms with Crippen molar-refractivity contribution < 1.29 is 14.3 Å². The van der Waals surface area contributed by atoms with Gasteiger partial charge in [-0.25, -0.2) is 0 Å². The number of ether oxygens (including phenoxy) is 1. The van der Waals surface area contributed by atoms with Crippen LogP contribution in [0.2, 0.25) is 5.02 Å². The standard InChI is InChI=1S/C28H29Br2ClN2O3/c1-19(2)16-32-28(35)25(14-20-7-4-3-5-8-20)33(17-21-9-6-10-22(29)13-21)27(34)18-36-26-12-11-23(31)15-24(26)30/h3-13,15,19,25H,14,16-18H2,1-2H3,(H,32,35)/t25-/m1/s1. The molecule has 0 spiro atoms. The first kappa shape index (κ1) is 28.2. The topological polar surface area (TPSA) is 58.6 Å². The Labute approximate surface area is 234 Å². The molecule has 3 rings (SSSR count). The Morgan fingerprint density at radius 2 is 1.69 bits per heavy atom. The molecule has 0 aromatic heterocycles. The maximum absolute atomic E-state index is 13.6. The van der Waals surface area contributed by atoms with E-state index in [4.69, 9.17) is 16.3 Å². The fraction of sp³-hybridized carbons (Fsp3) is 0.286. The average Bonchev–Trinajstić information content (AvgIpc) is 2.84. The molecule has 0 radical (unpaired) electrons. The van der Waals surface area contributed by atoms with E-state index in [-0.39, 0.29) is 30.9 Å². The molecule has 8 heteroatoms. The number of nitrogens with zero attached hydrogens (tertiary/aromatic N) is 1. The molecule has 0 fully saturated rings. The lowest BCUT2D eigenvalue weighted by Crippen LogP contribution is -2.52. The van der Waals surface area contributed by atoms with Crippen molar-refractivity contribution in [2.75, 3.05) is 13.2 Å². The first-order valence-corrected chi connectivity index (χ1v) is 13.6. The van der Waals surface area contributed by atoms with Gasteiger partial charge in [0.15, 0.2) is 6.61 Å². The molecule has 0 aliphatic rings. The monoisotopic (exact) mass is 634 g/mol. The SMILES string of the molecule is CC(C)CNC(=O)[C@@H](Cc1ccccc1)N(Cc1cccc(Br)c1)C(=O)COc1ccc(Cl)cc1Br. The number of benzene rings is 3. The van der Waals surface area contributed by atoms with E-state index in [9.17, 15) is 9.59 Å². The molecule has 0 unspecified atom stereocenters. The fourth-order valence-electron chi connectivity index (χ4n) is 3.62. The van der Waals surface area contributed by atoms with Gasteiger partial charge in [-0.05, 0) is 63.3 Å². The van der Waals surface area contributed by atoms with Crippen molar-refractivity contribution in [1.29, 1.82) is 0 Å². The van der Waals surface area contributed by atoms with E-state index in [1.807, 2.05) is 68.4 Å². The van der Waals surface area contributed by atoms with Crippen molar-refractivity contribution in [3.8, 4) is 5.75 Å². The normalized spacial score (nSPS) is 11.7. The average molecular weight is 637 g/mol. The van der Waals surface area contributed by atoms with Gasteiger partial charge < -0.3 is 15.0 Å². The molecule has 0 bridgehead atoms. The van der Waals surface area contributed by atoms with Crippen LogP contribution in [0.25, 0.3) is 0 Å². The van der Waals surface area contributed by atoms with Gasteiger partial charge >= 0.3 is 0 Å². The number of halogens is 3. The zero-order valence-corrected chi connectivity index (χ0v) is 24.1. The predicted molar refractivity (Wildman–Crippen MR) is 151 cm³/mol. The molecule has 1 atom stereocenters. The van der Waals surface area contributed by atoms with Crippen LogP contribution in [0.15, 0.2) is 81.7 Å². The minimum absolute atomic E-state index is 0.191. The smallest absolute Gasteiger partial charge is 0.261 e. The second-order valence-electron chi connectivity index (χ2n) is 8.86. The first-order chi connectivity index (χ1) is 17.2. The highest BCUT2D eigenvalue weighted by molar-refractivity contribution is 9.10. The second-order valence-corrected chi connectivity index (χ2v) is 11.1. The maximum Gasteiger partial charge on any atom is 0.261 e. The molecule has 0 saturated heterocycles. The molecule has 1 N–H and O–H groups in total. The molecule has 3 aromatic rings. The van der Waals surface area contributed by atoms with E-state index in [0.717, 1.165) is 15.6 Å². The molecular formula is C28H29Br2ClN2O3. The fourth-order valence-corrected chi connectivity index (χ4v) is 4.87. The highest BCUT2D eigenvalue weighted by Crippen LogP contribution is 2.28. The largest absolute Gasteiger partial charge is 0.483 e. The number of carbonyl (C=O) groups is 2. The number of hydrogen-bond donors (Lipinski definition) is 1. The summed E-state index contributed by atoms with van der Waals surface area (Å²) in [4.78, 5) is 28.7. The Balaban J connectivity index is 1.91. The summed E-state index contributed by atoms with van der Waals surface area (Å²) in [5.74, 6) is 0.297. The zero-order chi connectivity index (χ0) is 26.1. The molecule has 3 aromatic carbocycles. The Morgan fingerprint density at radius 3 is 2.36 bits per heavy atom. The third kappa shape index (κ3) is 8.64. The van der Waals surface area contributed by atoms with Gasteiger partial charge in [0, 0.05) is 29.0 Å². The van der Waals surface area contributed by atoms with Gasteiger partial charge in [-0.3, -0.25) is 9.59 Å². The van der Waals surface area contributed by atoms with Crippen LogP contribution >= 0.6 is 43.5 Å². The van der Waals surface area contributed by atoms with Crippen LogP contribution in [-0.2, 0) is 22.6 Å². The summed E-state index contributed by atoms with van der Waals surface area (Å²) in [5, 5.41) is 3.58. The summed E-state index contributed by atoms with van der Waals surface area (Å²) in [6, 6.07) is 21.8. The minimum Gasteiger partial charge on any atom is -0.483 e. The van der Waals surface area contributed by atoms with Gasteiger partial charge in [-0.1, -0.05) is 83.8 Å². The quantitative estimate of drug-likeness (QED) is 0.256. The minimum atomic E-state index is -0.713. The Kier molecular flexibility index (Phi) is 10.8. The number of nitrogens with one attached hydrogen (secondary N) is 1. The van der Waals surface area contributed by atoms with Gasteiger partial charge in [-0.2, -0.15) is 0 Å². The van der Waals surface area contributed by atoms with Crippen LogP contribution in [0.5, 0.6) is 5.75 Å². The van der Waals surface area contributed by atoms with Gasteiger partial charge in [0.25, 0.3) is 5.91 Å². The van der Waals surface area contributed by atoms with Crippen molar-refractivity contribution in [3.63, 3.8) is 0 Å². The molecular weight excluding hydrogens is 608 g/mol. The summed E-state index contributed by atoms with van der Waals surface area (Å²) < 4.78 is 7.39. The second kappa shape index (κ2) is 13.8. The van der Waals surface area contributed by atoms with Crippen LogP contribution in [0, 0.1) is 5.92 Å². The van der Waals surface area contributed by atoms with Crippen molar-refractivity contribution in [2.45, 2.75) is 32.9 Å². The lowest BCUT2D eigenvalue weighted by atomic mass is 10.0. The highest BCUT2D eigenvalue weighted by atomic mass is 79.9. The molecule has 5 nitrogen and oxygen atoms in total. The van der Waals surface area contributed by atoms with Crippen LogP contribution in [0.1, 0.15) is 25.0 Å². The lowest BCUT2D eigenvalue weighted by Gasteiger charge is -2.32. The van der Waals surface area contributed by atoms with E-state index >= 15 is 0 Å². The molecule has 0 aliphatic heterocycles. The molecule has 36 heavy (non-hydrogen) atoms. The van der Waals surface area contributed by atoms with Crippen LogP contribution < -0.4 is 10.1 Å². The van der Waals surface area contributed by atoms with Gasteiger partial charge in [0.2, 0.25) is 5.91 Å². The third-order valence-electron chi connectivity index (χ3n) is 5.44. The van der Waals surface area contributed by atoms with Crippen LogP contribution in [0.4, 0.5) is 0 Å². The maximum atomic E-state index is 13.6. The van der Waals surface area contributed by atoms with Gasteiger partial charge in [-0.15, -0.1) is 0 Å². The van der Waals surface area contributed by atoms with E-state index < -0.39 is 6.04 Å². The third-order valence-corrected chi connectivity index (χ3v) is 6.79. The summed E-state index contributed by atoms with van der Waals surface area (Å²) in [7, 11) is 0. The summed E-state index contributed by atoms with van der Waals surface area (Å²) >= 11 is 13.0. The van der Waals surface area contributed by atoms with E-state index in [1.165, 1.54) is 0 Å². The Bertz CT molecular complexity index is 1170. The summed E-state index contributed by atoms with van der Waals surface area (Å²) in [6.45, 7) is 4.63. The van der Waals surface area contributed by atoms with Gasteiger partial charge in [0.1, 0.15) is 11.8 Å². The van der Waals surface area contributed by atoms with Gasteiger partial charge in [0.05, 0.1) is 4.47 Å². The van der Waals surface area contributed by atoms with E-state index in [0.29, 0.717) is 28.2 Å². The number of hydrogen-bond acceptors (Lipinski definition) is 3. The van der Waals surface area contributed by atoms with Crippen molar-refractivity contribution in [3.05, 3.63) is 97.9 Å². The summed E-state index contributed by atoms with van der Waals surface area (Å²) in [5.41, 5.74) is 1.87. The molecule has 0 heterocycles. The molecule has 2 amide bonds. The van der Waals surface area contributed by atoms with Crippen molar-refractivity contribution in [2.24, 2.45) is 5.92 Å². The van der Waals surface area contributed by atoms with Crippen LogP contribution in [-0.4, -0.2) is 35.9 Å². The number of carbonyl (C=O) groups excluding carboxylic acids is 2.